The largest absolute Gasteiger partial charge is 0.348 e. The molecule has 0 fully saturated rings. The molecule has 0 spiro atoms. The van der Waals surface area contributed by atoms with Crippen molar-refractivity contribution in [2.24, 2.45) is 5.73 Å². The van der Waals surface area contributed by atoms with E-state index in [1.165, 1.54) is 0 Å². The Morgan fingerprint density at radius 1 is 1.21 bits per heavy atom. The molecule has 2 rings (SSSR count). The number of nitrogens with two attached hydrogens (primary N) is 1. The van der Waals surface area contributed by atoms with Crippen LogP contribution in [0.5, 0.6) is 0 Å². The van der Waals surface area contributed by atoms with E-state index in [1.54, 1.807) is 6.20 Å². The Labute approximate surface area is 82.9 Å². The first-order valence-electron chi connectivity index (χ1n) is 4.71. The summed E-state index contributed by atoms with van der Waals surface area (Å²) >= 11 is 0. The van der Waals surface area contributed by atoms with E-state index in [0.717, 1.165) is 18.8 Å². The van der Waals surface area contributed by atoms with Crippen LogP contribution in [-0.4, -0.2) is 14.3 Å². The molecule has 0 saturated carbocycles. The van der Waals surface area contributed by atoms with Crippen molar-refractivity contribution < 1.29 is 0 Å². The zero-order valence-corrected chi connectivity index (χ0v) is 8.00. The number of hydrogen-bond donors (Lipinski definition) is 1. The van der Waals surface area contributed by atoms with Crippen LogP contribution in [0.2, 0.25) is 0 Å². The topological polar surface area (TPSA) is 48.8 Å². The molecule has 2 N–H and O–H groups in total. The van der Waals surface area contributed by atoms with Crippen molar-refractivity contribution in [3.63, 3.8) is 0 Å². The van der Waals surface area contributed by atoms with Crippen LogP contribution in [-0.2, 0) is 19.6 Å². The van der Waals surface area contributed by atoms with Gasteiger partial charge in [0.1, 0.15) is 0 Å². The first-order valence-corrected chi connectivity index (χ1v) is 4.71. The maximum Gasteiger partial charge on any atom is 0.0588 e. The highest BCUT2D eigenvalue weighted by molar-refractivity contribution is 5.06. The predicted octanol–water partition coefficient (Wildman–Crippen LogP) is 0.843. The Kier molecular flexibility index (Phi) is 2.65. The first-order chi connectivity index (χ1) is 6.90. The molecule has 2 aromatic heterocycles. The first kappa shape index (κ1) is 9.02. The molecular formula is C10H14N4. The Bertz CT molecular complexity index is 374. The van der Waals surface area contributed by atoms with Gasteiger partial charge >= 0.3 is 0 Å². The van der Waals surface area contributed by atoms with Crippen LogP contribution in [0.15, 0.2) is 36.8 Å². The molecule has 0 atom stereocenters. The predicted molar refractivity (Wildman–Crippen MR) is 54.6 cm³/mol. The summed E-state index contributed by atoms with van der Waals surface area (Å²) in [6, 6.07) is 5.99. The van der Waals surface area contributed by atoms with Gasteiger partial charge in [0.2, 0.25) is 0 Å². The second kappa shape index (κ2) is 4.11. The molecule has 2 aromatic rings. The van der Waals surface area contributed by atoms with Gasteiger partial charge in [-0.05, 0) is 18.2 Å². The van der Waals surface area contributed by atoms with Crippen molar-refractivity contribution >= 4 is 0 Å². The summed E-state index contributed by atoms with van der Waals surface area (Å²) in [5, 5.41) is 4.14. The number of aryl methyl sites for hydroxylation is 2. The van der Waals surface area contributed by atoms with E-state index in [4.69, 9.17) is 5.73 Å². The summed E-state index contributed by atoms with van der Waals surface area (Å²) in [5.41, 5.74) is 6.76. The van der Waals surface area contributed by atoms with Crippen LogP contribution in [0, 0.1) is 0 Å². The molecule has 0 aliphatic rings. The molecule has 0 saturated heterocycles. The van der Waals surface area contributed by atoms with Crippen molar-refractivity contribution in [1.29, 1.82) is 0 Å². The van der Waals surface area contributed by atoms with Crippen molar-refractivity contribution in [3.05, 3.63) is 42.5 Å². The minimum Gasteiger partial charge on any atom is -0.348 e. The summed E-state index contributed by atoms with van der Waals surface area (Å²) in [6.45, 7) is 2.39. The molecule has 4 heteroatoms. The van der Waals surface area contributed by atoms with Crippen LogP contribution < -0.4 is 5.73 Å². The van der Waals surface area contributed by atoms with E-state index in [1.807, 2.05) is 35.3 Å². The summed E-state index contributed by atoms with van der Waals surface area (Å²) in [5.74, 6) is 0. The number of aromatic nitrogens is 3. The highest BCUT2D eigenvalue weighted by Gasteiger charge is 1.98. The monoisotopic (exact) mass is 190 g/mol. The van der Waals surface area contributed by atoms with Gasteiger partial charge in [0, 0.05) is 37.4 Å². The van der Waals surface area contributed by atoms with Crippen LogP contribution in [0.25, 0.3) is 0 Å². The SMILES string of the molecule is NCc1cccn1CCn1cccn1. The van der Waals surface area contributed by atoms with Crippen molar-refractivity contribution in [1.82, 2.24) is 14.3 Å². The van der Waals surface area contributed by atoms with Gasteiger partial charge in [-0.25, -0.2) is 0 Å². The van der Waals surface area contributed by atoms with Gasteiger partial charge in [-0.1, -0.05) is 0 Å². The van der Waals surface area contributed by atoms with Gasteiger partial charge in [-0.15, -0.1) is 0 Å². The fraction of sp³-hybridized carbons (Fsp3) is 0.300. The third-order valence-corrected chi connectivity index (χ3v) is 2.26. The van der Waals surface area contributed by atoms with Gasteiger partial charge < -0.3 is 10.3 Å². The number of rotatable bonds is 4. The van der Waals surface area contributed by atoms with Gasteiger partial charge in [0.05, 0.1) is 6.54 Å². The normalized spacial score (nSPS) is 10.6. The minimum absolute atomic E-state index is 0.589. The van der Waals surface area contributed by atoms with Crippen molar-refractivity contribution in [2.45, 2.75) is 19.6 Å². The summed E-state index contributed by atoms with van der Waals surface area (Å²) in [7, 11) is 0. The average molecular weight is 190 g/mol. The lowest BCUT2D eigenvalue weighted by Gasteiger charge is -2.07. The molecule has 2 heterocycles. The maximum atomic E-state index is 5.60. The molecule has 0 radical (unpaired) electrons. The lowest BCUT2D eigenvalue weighted by molar-refractivity contribution is 0.524. The highest BCUT2D eigenvalue weighted by Crippen LogP contribution is 2.01. The van der Waals surface area contributed by atoms with Crippen LogP contribution in [0.1, 0.15) is 5.69 Å². The fourth-order valence-corrected chi connectivity index (χ4v) is 1.50. The zero-order chi connectivity index (χ0) is 9.80. The van der Waals surface area contributed by atoms with Crippen LogP contribution in [0.4, 0.5) is 0 Å². The minimum atomic E-state index is 0.589. The lowest BCUT2D eigenvalue weighted by atomic mass is 10.4. The molecule has 0 unspecified atom stereocenters. The summed E-state index contributed by atoms with van der Waals surface area (Å²) in [6.07, 6.45) is 5.80. The molecular weight excluding hydrogens is 176 g/mol. The smallest absolute Gasteiger partial charge is 0.0588 e. The zero-order valence-electron chi connectivity index (χ0n) is 8.00. The molecule has 0 aromatic carbocycles. The van der Waals surface area contributed by atoms with Crippen molar-refractivity contribution in [3.8, 4) is 0 Å². The number of nitrogens with zero attached hydrogens (tertiary/aromatic N) is 3. The Morgan fingerprint density at radius 3 is 2.86 bits per heavy atom. The highest BCUT2D eigenvalue weighted by atomic mass is 15.3. The van der Waals surface area contributed by atoms with E-state index in [9.17, 15) is 0 Å². The quantitative estimate of drug-likeness (QED) is 0.776. The molecule has 14 heavy (non-hydrogen) atoms. The molecule has 0 aliphatic heterocycles. The second-order valence-corrected chi connectivity index (χ2v) is 3.17. The molecule has 0 amide bonds. The van der Waals surface area contributed by atoms with Gasteiger partial charge in [0.15, 0.2) is 0 Å². The summed E-state index contributed by atoms with van der Waals surface area (Å²) in [4.78, 5) is 0. The van der Waals surface area contributed by atoms with E-state index in [0.29, 0.717) is 6.54 Å². The van der Waals surface area contributed by atoms with E-state index in [2.05, 4.69) is 9.67 Å². The van der Waals surface area contributed by atoms with Gasteiger partial charge in [-0.3, -0.25) is 4.68 Å². The molecule has 4 nitrogen and oxygen atoms in total. The van der Waals surface area contributed by atoms with Crippen LogP contribution in [0.3, 0.4) is 0 Å². The molecule has 74 valence electrons. The van der Waals surface area contributed by atoms with Gasteiger partial charge in [0.25, 0.3) is 0 Å². The van der Waals surface area contributed by atoms with E-state index in [-0.39, 0.29) is 0 Å². The molecule has 0 aliphatic carbocycles. The standard InChI is InChI=1S/C10H14N4/c11-9-10-3-1-5-13(10)7-8-14-6-2-4-12-14/h1-6H,7-9,11H2. The third kappa shape index (κ3) is 1.85. The third-order valence-electron chi connectivity index (χ3n) is 2.26. The summed E-state index contributed by atoms with van der Waals surface area (Å²) < 4.78 is 4.07. The Balaban J connectivity index is 1.98. The Morgan fingerprint density at radius 2 is 2.14 bits per heavy atom. The van der Waals surface area contributed by atoms with E-state index < -0.39 is 0 Å². The number of hydrogen-bond acceptors (Lipinski definition) is 2. The molecule has 0 bridgehead atoms. The average Bonchev–Trinajstić information content (AvgIpc) is 2.85. The van der Waals surface area contributed by atoms with Gasteiger partial charge in [-0.2, -0.15) is 5.10 Å². The van der Waals surface area contributed by atoms with Crippen molar-refractivity contribution in [2.75, 3.05) is 0 Å². The second-order valence-electron chi connectivity index (χ2n) is 3.17. The fourth-order valence-electron chi connectivity index (χ4n) is 1.50. The Hall–Kier alpha value is -1.55. The van der Waals surface area contributed by atoms with E-state index >= 15 is 0 Å². The lowest BCUT2D eigenvalue weighted by Crippen LogP contribution is -2.11. The van der Waals surface area contributed by atoms with Crippen LogP contribution >= 0.6 is 0 Å². The maximum absolute atomic E-state index is 5.60.